The number of benzene rings is 1. The van der Waals surface area contributed by atoms with E-state index in [-0.39, 0.29) is 5.91 Å². The van der Waals surface area contributed by atoms with Crippen molar-refractivity contribution in [3.63, 3.8) is 0 Å². The van der Waals surface area contributed by atoms with Crippen molar-refractivity contribution in [2.45, 2.75) is 20.3 Å². The molecule has 2 N–H and O–H groups in total. The second kappa shape index (κ2) is 5.74. The van der Waals surface area contributed by atoms with Crippen molar-refractivity contribution >= 4 is 17.4 Å². The van der Waals surface area contributed by atoms with Gasteiger partial charge in [0.15, 0.2) is 0 Å². The molecule has 1 aromatic carbocycles. The molecule has 4 heteroatoms. The summed E-state index contributed by atoms with van der Waals surface area (Å²) in [7, 11) is 1.73. The molecular weight excluding hydrogens is 250 g/mol. The van der Waals surface area contributed by atoms with E-state index >= 15 is 0 Å². The van der Waals surface area contributed by atoms with Crippen LogP contribution in [0.4, 0.5) is 11.5 Å². The minimum Gasteiger partial charge on any atom is -0.397 e. The summed E-state index contributed by atoms with van der Waals surface area (Å²) in [6.45, 7) is 4.04. The van der Waals surface area contributed by atoms with Crippen LogP contribution in [0, 0.1) is 13.8 Å². The minimum atomic E-state index is 0.0102. The van der Waals surface area contributed by atoms with Gasteiger partial charge in [-0.3, -0.25) is 9.69 Å². The molecular formula is C16H19N3O. The zero-order chi connectivity index (χ0) is 14.7. The number of nitrogen functional groups attached to an aromatic ring is 1. The highest BCUT2D eigenvalue weighted by Crippen LogP contribution is 2.15. The lowest BCUT2D eigenvalue weighted by molar-refractivity contribution is -0.117. The summed E-state index contributed by atoms with van der Waals surface area (Å²) < 4.78 is 0. The standard InChI is InChI=1S/C16H19N3O/c1-11-4-5-12(2)13(8-11)9-16(20)19(3)15-7-6-14(17)10-18-15/h4-8,10H,9,17H2,1-3H3. The Kier molecular flexibility index (Phi) is 4.03. The van der Waals surface area contributed by atoms with E-state index in [1.165, 1.54) is 0 Å². The average Bonchev–Trinajstić information content (AvgIpc) is 2.43. The van der Waals surface area contributed by atoms with Gasteiger partial charge < -0.3 is 5.73 Å². The molecule has 0 saturated carbocycles. The molecule has 0 unspecified atom stereocenters. The number of carbonyl (C=O) groups is 1. The summed E-state index contributed by atoms with van der Waals surface area (Å²) in [4.78, 5) is 18.0. The molecule has 0 fully saturated rings. The van der Waals surface area contributed by atoms with Crippen LogP contribution in [0.15, 0.2) is 36.5 Å². The second-order valence-corrected chi connectivity index (χ2v) is 5.01. The number of amides is 1. The van der Waals surface area contributed by atoms with Gasteiger partial charge in [-0.25, -0.2) is 4.98 Å². The Hall–Kier alpha value is -2.36. The van der Waals surface area contributed by atoms with E-state index in [9.17, 15) is 4.79 Å². The fraction of sp³-hybridized carbons (Fsp3) is 0.250. The third-order valence-corrected chi connectivity index (χ3v) is 3.33. The average molecular weight is 269 g/mol. The Balaban J connectivity index is 2.15. The van der Waals surface area contributed by atoms with Crippen LogP contribution < -0.4 is 10.6 Å². The van der Waals surface area contributed by atoms with Gasteiger partial charge in [-0.1, -0.05) is 23.8 Å². The summed E-state index contributed by atoms with van der Waals surface area (Å²) in [5.74, 6) is 0.616. The Morgan fingerprint density at radius 1 is 1.25 bits per heavy atom. The number of hydrogen-bond donors (Lipinski definition) is 1. The lowest BCUT2D eigenvalue weighted by atomic mass is 10.0. The molecule has 0 aliphatic carbocycles. The molecule has 0 aliphatic rings. The molecule has 0 atom stereocenters. The van der Waals surface area contributed by atoms with Crippen LogP contribution in [-0.4, -0.2) is 17.9 Å². The van der Waals surface area contributed by atoms with Gasteiger partial charge in [0.2, 0.25) is 5.91 Å². The number of nitrogens with zero attached hydrogens (tertiary/aromatic N) is 2. The molecule has 0 saturated heterocycles. The van der Waals surface area contributed by atoms with Gasteiger partial charge in [0.25, 0.3) is 0 Å². The smallest absolute Gasteiger partial charge is 0.232 e. The topological polar surface area (TPSA) is 59.2 Å². The molecule has 104 valence electrons. The van der Waals surface area contributed by atoms with Crippen LogP contribution in [0.1, 0.15) is 16.7 Å². The molecule has 0 radical (unpaired) electrons. The van der Waals surface area contributed by atoms with Gasteiger partial charge in [-0.15, -0.1) is 0 Å². The molecule has 4 nitrogen and oxygen atoms in total. The van der Waals surface area contributed by atoms with Crippen LogP contribution in [0.3, 0.4) is 0 Å². The third kappa shape index (κ3) is 3.15. The first-order chi connectivity index (χ1) is 9.47. The monoisotopic (exact) mass is 269 g/mol. The zero-order valence-corrected chi connectivity index (χ0v) is 12.1. The van der Waals surface area contributed by atoms with E-state index in [1.54, 1.807) is 30.3 Å². The first kappa shape index (κ1) is 14.1. The molecule has 0 spiro atoms. The van der Waals surface area contributed by atoms with Crippen molar-refractivity contribution < 1.29 is 4.79 Å². The third-order valence-electron chi connectivity index (χ3n) is 3.33. The number of likely N-dealkylation sites (N-methyl/N-ethyl adjacent to an activating group) is 1. The maximum atomic E-state index is 12.3. The number of aryl methyl sites for hydroxylation is 2. The number of carbonyl (C=O) groups excluding carboxylic acids is 1. The van der Waals surface area contributed by atoms with Crippen molar-refractivity contribution in [3.8, 4) is 0 Å². The molecule has 1 heterocycles. The van der Waals surface area contributed by atoms with Crippen molar-refractivity contribution in [1.82, 2.24) is 4.98 Å². The fourth-order valence-electron chi connectivity index (χ4n) is 2.00. The van der Waals surface area contributed by atoms with E-state index in [0.717, 1.165) is 16.7 Å². The summed E-state index contributed by atoms with van der Waals surface area (Å²) in [6.07, 6.45) is 1.92. The van der Waals surface area contributed by atoms with Gasteiger partial charge >= 0.3 is 0 Å². The molecule has 2 aromatic rings. The number of aromatic nitrogens is 1. The lowest BCUT2D eigenvalue weighted by Gasteiger charge is -2.17. The van der Waals surface area contributed by atoms with Gasteiger partial charge in [-0.05, 0) is 37.1 Å². The van der Waals surface area contributed by atoms with Crippen LogP contribution in [0.5, 0.6) is 0 Å². The first-order valence-corrected chi connectivity index (χ1v) is 6.51. The van der Waals surface area contributed by atoms with E-state index in [2.05, 4.69) is 17.1 Å². The summed E-state index contributed by atoms with van der Waals surface area (Å²) >= 11 is 0. The molecule has 1 amide bonds. The minimum absolute atomic E-state index is 0.0102. The van der Waals surface area contributed by atoms with Crippen molar-refractivity contribution in [3.05, 3.63) is 53.2 Å². The highest BCUT2D eigenvalue weighted by Gasteiger charge is 2.13. The van der Waals surface area contributed by atoms with Crippen LogP contribution >= 0.6 is 0 Å². The van der Waals surface area contributed by atoms with E-state index in [0.29, 0.717) is 17.9 Å². The molecule has 20 heavy (non-hydrogen) atoms. The Bertz CT molecular complexity index is 620. The van der Waals surface area contributed by atoms with Crippen LogP contribution in [-0.2, 0) is 11.2 Å². The summed E-state index contributed by atoms with van der Waals surface area (Å²) in [5.41, 5.74) is 9.52. The number of pyridine rings is 1. The van der Waals surface area contributed by atoms with Gasteiger partial charge in [-0.2, -0.15) is 0 Å². The highest BCUT2D eigenvalue weighted by atomic mass is 16.2. The highest BCUT2D eigenvalue weighted by molar-refractivity contribution is 5.93. The van der Waals surface area contributed by atoms with E-state index < -0.39 is 0 Å². The number of hydrogen-bond acceptors (Lipinski definition) is 3. The van der Waals surface area contributed by atoms with Crippen LogP contribution in [0.2, 0.25) is 0 Å². The first-order valence-electron chi connectivity index (χ1n) is 6.51. The lowest BCUT2D eigenvalue weighted by Crippen LogP contribution is -2.28. The SMILES string of the molecule is Cc1ccc(C)c(CC(=O)N(C)c2ccc(N)cn2)c1. The fourth-order valence-corrected chi connectivity index (χ4v) is 2.00. The van der Waals surface area contributed by atoms with Gasteiger partial charge in [0, 0.05) is 7.05 Å². The van der Waals surface area contributed by atoms with Crippen molar-refractivity contribution in [2.75, 3.05) is 17.7 Å². The number of anilines is 2. The van der Waals surface area contributed by atoms with E-state index in [4.69, 9.17) is 5.73 Å². The quantitative estimate of drug-likeness (QED) is 0.931. The predicted octanol–water partition coefficient (Wildman–Crippen LogP) is 2.49. The summed E-state index contributed by atoms with van der Waals surface area (Å²) in [5, 5.41) is 0. The maximum absolute atomic E-state index is 12.3. The predicted molar refractivity (Wildman–Crippen MR) is 81.7 cm³/mol. The normalized spacial score (nSPS) is 10.3. The Morgan fingerprint density at radius 3 is 2.65 bits per heavy atom. The molecule has 0 bridgehead atoms. The van der Waals surface area contributed by atoms with Crippen molar-refractivity contribution in [2.24, 2.45) is 0 Å². The van der Waals surface area contributed by atoms with Gasteiger partial charge in [0.1, 0.15) is 5.82 Å². The molecule has 2 rings (SSSR count). The molecule has 0 aliphatic heterocycles. The molecule has 1 aromatic heterocycles. The van der Waals surface area contributed by atoms with E-state index in [1.807, 2.05) is 19.9 Å². The Morgan fingerprint density at radius 2 is 2.00 bits per heavy atom. The van der Waals surface area contributed by atoms with Crippen molar-refractivity contribution in [1.29, 1.82) is 0 Å². The van der Waals surface area contributed by atoms with Crippen LogP contribution in [0.25, 0.3) is 0 Å². The zero-order valence-electron chi connectivity index (χ0n) is 12.1. The summed E-state index contributed by atoms with van der Waals surface area (Å²) in [6, 6.07) is 9.63. The Labute approximate surface area is 119 Å². The number of nitrogens with two attached hydrogens (primary N) is 1. The maximum Gasteiger partial charge on any atom is 0.232 e. The number of rotatable bonds is 3. The van der Waals surface area contributed by atoms with Gasteiger partial charge in [0.05, 0.1) is 18.3 Å². The largest absolute Gasteiger partial charge is 0.397 e. The second-order valence-electron chi connectivity index (χ2n) is 5.01.